The Morgan fingerprint density at radius 2 is 1.50 bits per heavy atom. The standard InChI is InChI=1S/C4H10ClN5/c1-8-3(6)10(5)4(7)9-2/h1-2H3,(H2,6,8)(H2,7,9). The topological polar surface area (TPSA) is 80.0 Å². The molecule has 58 valence electrons. The summed E-state index contributed by atoms with van der Waals surface area (Å²) < 4.78 is 0.972. The summed E-state index contributed by atoms with van der Waals surface area (Å²) in [4.78, 5) is 7.17. The first-order valence-corrected chi connectivity index (χ1v) is 2.87. The molecule has 5 nitrogen and oxygen atoms in total. The zero-order chi connectivity index (χ0) is 8.15. The highest BCUT2D eigenvalue weighted by atomic mass is 35.5. The van der Waals surface area contributed by atoms with E-state index in [2.05, 4.69) is 9.98 Å². The monoisotopic (exact) mass is 163 g/mol. The zero-order valence-corrected chi connectivity index (χ0v) is 6.63. The fourth-order valence-electron chi connectivity index (χ4n) is 0.293. The van der Waals surface area contributed by atoms with E-state index in [0.29, 0.717) is 0 Å². The third-order valence-electron chi connectivity index (χ3n) is 0.860. The lowest BCUT2D eigenvalue weighted by Gasteiger charge is -2.11. The smallest absolute Gasteiger partial charge is 0.213 e. The first-order chi connectivity index (χ1) is 4.63. The minimum absolute atomic E-state index is 0.116. The van der Waals surface area contributed by atoms with E-state index in [4.69, 9.17) is 23.2 Å². The van der Waals surface area contributed by atoms with Crippen LogP contribution in [-0.4, -0.2) is 30.4 Å². The minimum Gasteiger partial charge on any atom is -0.368 e. The number of hydrogen-bond acceptors (Lipinski definition) is 2. The average molecular weight is 164 g/mol. The number of nitrogens with two attached hydrogens (primary N) is 2. The molecule has 0 amide bonds. The Bertz CT molecular complexity index is 145. The lowest BCUT2D eigenvalue weighted by atomic mass is 10.8. The van der Waals surface area contributed by atoms with Crippen LogP contribution in [0.3, 0.4) is 0 Å². The zero-order valence-electron chi connectivity index (χ0n) is 5.87. The van der Waals surface area contributed by atoms with Crippen molar-refractivity contribution in [2.45, 2.75) is 0 Å². The maximum Gasteiger partial charge on any atom is 0.213 e. The lowest BCUT2D eigenvalue weighted by Crippen LogP contribution is -2.39. The molecule has 0 aliphatic carbocycles. The largest absolute Gasteiger partial charge is 0.368 e. The molecule has 0 aromatic carbocycles. The molecule has 4 N–H and O–H groups in total. The maximum absolute atomic E-state index is 5.50. The molecule has 0 spiro atoms. The number of halogens is 1. The molecule has 6 heteroatoms. The number of guanidine groups is 2. The fraction of sp³-hybridized carbons (Fsp3) is 0.500. The molecule has 0 aromatic rings. The van der Waals surface area contributed by atoms with Crippen LogP contribution in [0.15, 0.2) is 9.98 Å². The van der Waals surface area contributed by atoms with Gasteiger partial charge < -0.3 is 11.5 Å². The van der Waals surface area contributed by atoms with Crippen molar-refractivity contribution in [2.24, 2.45) is 21.5 Å². The van der Waals surface area contributed by atoms with Crippen LogP contribution in [0.4, 0.5) is 0 Å². The SMILES string of the molecule is CN=C(N)N(Cl)C(N)=NC. The van der Waals surface area contributed by atoms with Crippen molar-refractivity contribution in [3.8, 4) is 0 Å². The molecular weight excluding hydrogens is 154 g/mol. The normalized spacial score (nSPS) is 13.5. The molecule has 0 radical (unpaired) electrons. The molecule has 0 atom stereocenters. The van der Waals surface area contributed by atoms with Gasteiger partial charge in [0.25, 0.3) is 0 Å². The molecule has 0 rings (SSSR count). The van der Waals surface area contributed by atoms with Gasteiger partial charge >= 0.3 is 0 Å². The van der Waals surface area contributed by atoms with Gasteiger partial charge in [-0.15, -0.1) is 0 Å². The molecule has 0 fully saturated rings. The van der Waals surface area contributed by atoms with Crippen molar-refractivity contribution in [1.82, 2.24) is 4.42 Å². The Kier molecular flexibility index (Phi) is 3.56. The van der Waals surface area contributed by atoms with Crippen LogP contribution in [0, 0.1) is 0 Å². The van der Waals surface area contributed by atoms with E-state index in [1.807, 2.05) is 0 Å². The van der Waals surface area contributed by atoms with Gasteiger partial charge in [0, 0.05) is 25.9 Å². The first kappa shape index (κ1) is 9.03. The van der Waals surface area contributed by atoms with Crippen molar-refractivity contribution in [3.63, 3.8) is 0 Å². The van der Waals surface area contributed by atoms with Crippen LogP contribution in [0.1, 0.15) is 0 Å². The van der Waals surface area contributed by atoms with Gasteiger partial charge in [-0.1, -0.05) is 0 Å². The van der Waals surface area contributed by atoms with Gasteiger partial charge in [-0.3, -0.25) is 9.98 Å². The summed E-state index contributed by atoms with van der Waals surface area (Å²) in [6.07, 6.45) is 0. The third-order valence-corrected chi connectivity index (χ3v) is 1.21. The van der Waals surface area contributed by atoms with Crippen LogP contribution < -0.4 is 11.5 Å². The Labute approximate surface area is 64.5 Å². The Hall–Kier alpha value is -0.970. The van der Waals surface area contributed by atoms with Crippen molar-refractivity contribution in [3.05, 3.63) is 0 Å². The van der Waals surface area contributed by atoms with Gasteiger partial charge in [-0.25, -0.2) is 0 Å². The van der Waals surface area contributed by atoms with Crippen molar-refractivity contribution in [1.29, 1.82) is 0 Å². The molecule has 0 heterocycles. The maximum atomic E-state index is 5.50. The Balaban J connectivity index is 4.22. The van der Waals surface area contributed by atoms with E-state index in [1.165, 1.54) is 14.1 Å². The molecule has 0 aromatic heterocycles. The van der Waals surface area contributed by atoms with Gasteiger partial charge in [0.15, 0.2) is 0 Å². The lowest BCUT2D eigenvalue weighted by molar-refractivity contribution is 0.926. The second kappa shape index (κ2) is 3.94. The highest BCUT2D eigenvalue weighted by Gasteiger charge is 2.05. The van der Waals surface area contributed by atoms with E-state index in [9.17, 15) is 0 Å². The summed E-state index contributed by atoms with van der Waals surface area (Å²) in [5.74, 6) is 0.231. The molecule has 0 bridgehead atoms. The fourth-order valence-corrected chi connectivity index (χ4v) is 0.444. The highest BCUT2D eigenvalue weighted by molar-refractivity contribution is 6.30. The predicted octanol–water partition coefficient (Wildman–Crippen LogP) is -0.669. The van der Waals surface area contributed by atoms with Crippen molar-refractivity contribution < 1.29 is 0 Å². The third kappa shape index (κ3) is 2.10. The highest BCUT2D eigenvalue weighted by Crippen LogP contribution is 1.91. The van der Waals surface area contributed by atoms with Crippen molar-refractivity contribution >= 4 is 23.7 Å². The van der Waals surface area contributed by atoms with Crippen LogP contribution in [0.5, 0.6) is 0 Å². The molecule has 0 saturated carbocycles. The Morgan fingerprint density at radius 3 is 1.70 bits per heavy atom. The van der Waals surface area contributed by atoms with E-state index in [0.717, 1.165) is 4.42 Å². The molecule has 0 aliphatic heterocycles. The van der Waals surface area contributed by atoms with E-state index in [-0.39, 0.29) is 11.9 Å². The van der Waals surface area contributed by atoms with Gasteiger partial charge in [-0.2, -0.15) is 4.42 Å². The van der Waals surface area contributed by atoms with Gasteiger partial charge in [0.1, 0.15) is 0 Å². The van der Waals surface area contributed by atoms with Crippen LogP contribution in [0.25, 0.3) is 0 Å². The van der Waals surface area contributed by atoms with E-state index in [1.54, 1.807) is 0 Å². The summed E-state index contributed by atoms with van der Waals surface area (Å²) in [6, 6.07) is 0. The van der Waals surface area contributed by atoms with Gasteiger partial charge in [0.05, 0.1) is 0 Å². The molecule has 0 aliphatic rings. The summed E-state index contributed by atoms with van der Waals surface area (Å²) in [5, 5.41) is 0. The average Bonchev–Trinajstić information content (AvgIpc) is 2.00. The van der Waals surface area contributed by atoms with Gasteiger partial charge in [-0.05, 0) is 0 Å². The van der Waals surface area contributed by atoms with Crippen molar-refractivity contribution in [2.75, 3.05) is 14.1 Å². The molecule has 0 unspecified atom stereocenters. The molecule has 10 heavy (non-hydrogen) atoms. The first-order valence-electron chi connectivity index (χ1n) is 2.54. The van der Waals surface area contributed by atoms with E-state index >= 15 is 0 Å². The number of aliphatic imine (C=N–C) groups is 2. The Morgan fingerprint density at radius 1 is 1.20 bits per heavy atom. The number of rotatable bonds is 0. The molecule has 0 saturated heterocycles. The molecular formula is C4H10ClN5. The number of hydrogen-bond donors (Lipinski definition) is 2. The summed E-state index contributed by atoms with van der Waals surface area (Å²) in [7, 11) is 3.02. The van der Waals surface area contributed by atoms with Crippen LogP contribution in [0.2, 0.25) is 0 Å². The summed E-state index contributed by atoms with van der Waals surface area (Å²) in [6.45, 7) is 0. The number of nitrogens with zero attached hydrogens (tertiary/aromatic N) is 3. The van der Waals surface area contributed by atoms with Crippen LogP contribution >= 0.6 is 11.8 Å². The van der Waals surface area contributed by atoms with E-state index < -0.39 is 0 Å². The summed E-state index contributed by atoms with van der Waals surface area (Å²) in [5.41, 5.74) is 10.6. The van der Waals surface area contributed by atoms with Crippen LogP contribution in [-0.2, 0) is 0 Å². The quantitative estimate of drug-likeness (QED) is 0.283. The second-order valence-corrected chi connectivity index (χ2v) is 1.78. The van der Waals surface area contributed by atoms with Gasteiger partial charge in [0.2, 0.25) is 11.9 Å². The summed E-state index contributed by atoms with van der Waals surface area (Å²) >= 11 is 5.50. The second-order valence-electron chi connectivity index (χ2n) is 1.44. The minimum atomic E-state index is 0.116. The predicted molar refractivity (Wildman–Crippen MR) is 42.8 cm³/mol.